The third-order valence-electron chi connectivity index (χ3n) is 2.20. The average molecular weight is 182 g/mol. The van der Waals surface area contributed by atoms with Crippen molar-refractivity contribution in [2.45, 2.75) is 32.4 Å². The number of carbonyl (C=O) groups is 1. The van der Waals surface area contributed by atoms with Crippen LogP contribution in [0.15, 0.2) is 0 Å². The Labute approximate surface area is 77.9 Å². The molecule has 1 rings (SSSR count). The van der Waals surface area contributed by atoms with Crippen LogP contribution in [-0.2, 0) is 9.53 Å². The van der Waals surface area contributed by atoms with E-state index in [1.54, 1.807) is 6.92 Å². The Morgan fingerprint density at radius 2 is 2.46 bits per heavy atom. The van der Waals surface area contributed by atoms with Crippen molar-refractivity contribution in [3.63, 3.8) is 0 Å². The van der Waals surface area contributed by atoms with E-state index in [0.29, 0.717) is 6.61 Å². The Morgan fingerprint density at radius 1 is 1.77 bits per heavy atom. The molecule has 13 heavy (non-hydrogen) atoms. The lowest BCUT2D eigenvalue weighted by atomic mass is 10.0. The van der Waals surface area contributed by atoms with Crippen molar-refractivity contribution in [1.82, 2.24) is 5.32 Å². The van der Waals surface area contributed by atoms with Gasteiger partial charge in [0.1, 0.15) is 12.1 Å². The van der Waals surface area contributed by atoms with Gasteiger partial charge >= 0.3 is 0 Å². The molecule has 1 fully saturated rings. The molecule has 0 spiro atoms. The Bertz CT molecular complexity index is 234. The molecule has 0 aromatic rings. The molecule has 1 amide bonds. The van der Waals surface area contributed by atoms with Crippen molar-refractivity contribution < 1.29 is 9.53 Å². The van der Waals surface area contributed by atoms with Crippen LogP contribution >= 0.6 is 0 Å². The Morgan fingerprint density at radius 3 is 2.92 bits per heavy atom. The van der Waals surface area contributed by atoms with Crippen molar-refractivity contribution in [3.05, 3.63) is 0 Å². The minimum Gasteiger partial charge on any atom is -0.368 e. The van der Waals surface area contributed by atoms with E-state index in [2.05, 4.69) is 5.32 Å². The van der Waals surface area contributed by atoms with Crippen molar-refractivity contribution in [2.24, 2.45) is 5.92 Å². The van der Waals surface area contributed by atoms with E-state index in [1.807, 2.05) is 13.0 Å². The fourth-order valence-electron chi connectivity index (χ4n) is 1.36. The number of ether oxygens (including phenoxy) is 1. The van der Waals surface area contributed by atoms with E-state index in [-0.39, 0.29) is 17.9 Å². The summed E-state index contributed by atoms with van der Waals surface area (Å²) in [5.74, 6) is 0.0879. The molecule has 3 atom stereocenters. The molecule has 2 unspecified atom stereocenters. The first-order valence-electron chi connectivity index (χ1n) is 4.46. The average Bonchev–Trinajstić information content (AvgIpc) is 2.51. The van der Waals surface area contributed by atoms with Crippen LogP contribution in [-0.4, -0.2) is 24.7 Å². The summed E-state index contributed by atoms with van der Waals surface area (Å²) in [7, 11) is 0. The maximum Gasteiger partial charge on any atom is 0.250 e. The summed E-state index contributed by atoms with van der Waals surface area (Å²) in [6.45, 7) is 4.27. The van der Waals surface area contributed by atoms with E-state index in [0.717, 1.165) is 6.42 Å². The molecular formula is C9H14N2O2. The standard InChI is InChI=1S/C9H14N2O2/c1-6-3-4-13-8(6)9(12)11-7(2)5-10/h6-8H,3-4H2,1-2H3,(H,11,12)/t6?,7-,8?/m0/s1. The second-order valence-electron chi connectivity index (χ2n) is 3.42. The quantitative estimate of drug-likeness (QED) is 0.674. The summed E-state index contributed by atoms with van der Waals surface area (Å²) in [5, 5.41) is 11.1. The van der Waals surface area contributed by atoms with Gasteiger partial charge in [0.15, 0.2) is 0 Å². The van der Waals surface area contributed by atoms with Gasteiger partial charge in [-0.15, -0.1) is 0 Å². The molecule has 1 heterocycles. The Balaban J connectivity index is 2.44. The van der Waals surface area contributed by atoms with E-state index >= 15 is 0 Å². The fraction of sp³-hybridized carbons (Fsp3) is 0.778. The number of rotatable bonds is 2. The highest BCUT2D eigenvalue weighted by Crippen LogP contribution is 2.19. The third-order valence-corrected chi connectivity index (χ3v) is 2.20. The number of nitrogens with one attached hydrogen (secondary N) is 1. The molecule has 1 N–H and O–H groups in total. The number of amides is 1. The van der Waals surface area contributed by atoms with Crippen LogP contribution in [0.5, 0.6) is 0 Å². The smallest absolute Gasteiger partial charge is 0.250 e. The van der Waals surface area contributed by atoms with E-state index in [4.69, 9.17) is 10.00 Å². The maximum atomic E-state index is 11.4. The van der Waals surface area contributed by atoms with Gasteiger partial charge in [0.05, 0.1) is 6.07 Å². The minimum atomic E-state index is -0.441. The van der Waals surface area contributed by atoms with Crippen LogP contribution in [0.1, 0.15) is 20.3 Å². The summed E-state index contributed by atoms with van der Waals surface area (Å²) < 4.78 is 5.25. The summed E-state index contributed by atoms with van der Waals surface area (Å²) in [6, 6.07) is 1.51. The molecule has 0 bridgehead atoms. The zero-order valence-electron chi connectivity index (χ0n) is 7.91. The monoisotopic (exact) mass is 182 g/mol. The molecule has 1 aliphatic rings. The van der Waals surface area contributed by atoms with Gasteiger partial charge in [0, 0.05) is 6.61 Å². The Kier molecular flexibility index (Phi) is 3.26. The lowest BCUT2D eigenvalue weighted by molar-refractivity contribution is -0.131. The molecule has 1 saturated heterocycles. The van der Waals surface area contributed by atoms with Crippen LogP contribution in [0.3, 0.4) is 0 Å². The predicted octanol–water partition coefficient (Wildman–Crippen LogP) is 0.440. The van der Waals surface area contributed by atoms with Gasteiger partial charge in [-0.2, -0.15) is 5.26 Å². The summed E-state index contributed by atoms with van der Waals surface area (Å²) >= 11 is 0. The van der Waals surface area contributed by atoms with Crippen molar-refractivity contribution in [2.75, 3.05) is 6.61 Å². The van der Waals surface area contributed by atoms with Gasteiger partial charge in [-0.3, -0.25) is 4.79 Å². The lowest BCUT2D eigenvalue weighted by Gasteiger charge is -2.15. The normalized spacial score (nSPS) is 29.3. The highest BCUT2D eigenvalue weighted by atomic mass is 16.5. The number of nitriles is 1. The second-order valence-corrected chi connectivity index (χ2v) is 3.42. The fourth-order valence-corrected chi connectivity index (χ4v) is 1.36. The highest BCUT2D eigenvalue weighted by Gasteiger charge is 2.31. The lowest BCUT2D eigenvalue weighted by Crippen LogP contribution is -2.41. The van der Waals surface area contributed by atoms with E-state index < -0.39 is 6.04 Å². The van der Waals surface area contributed by atoms with Crippen molar-refractivity contribution in [1.29, 1.82) is 5.26 Å². The SMILES string of the molecule is CC1CCOC1C(=O)N[C@@H](C)C#N. The van der Waals surface area contributed by atoms with E-state index in [1.165, 1.54) is 0 Å². The molecular weight excluding hydrogens is 168 g/mol. The van der Waals surface area contributed by atoms with Crippen LogP contribution in [0.25, 0.3) is 0 Å². The van der Waals surface area contributed by atoms with Gasteiger partial charge in [0.2, 0.25) is 5.91 Å². The van der Waals surface area contributed by atoms with Crippen LogP contribution in [0, 0.1) is 17.2 Å². The zero-order chi connectivity index (χ0) is 9.84. The van der Waals surface area contributed by atoms with Crippen molar-refractivity contribution in [3.8, 4) is 6.07 Å². The van der Waals surface area contributed by atoms with Crippen LogP contribution in [0.4, 0.5) is 0 Å². The van der Waals surface area contributed by atoms with E-state index in [9.17, 15) is 4.79 Å². The van der Waals surface area contributed by atoms with Gasteiger partial charge < -0.3 is 10.1 Å². The third kappa shape index (κ3) is 2.43. The molecule has 72 valence electrons. The first-order chi connectivity index (χ1) is 6.15. The largest absolute Gasteiger partial charge is 0.368 e. The second kappa shape index (κ2) is 4.24. The highest BCUT2D eigenvalue weighted by molar-refractivity contribution is 5.81. The number of carbonyl (C=O) groups excluding carboxylic acids is 1. The molecule has 0 radical (unpaired) electrons. The molecule has 0 aromatic heterocycles. The van der Waals surface area contributed by atoms with Crippen LogP contribution < -0.4 is 5.32 Å². The minimum absolute atomic E-state index is 0.168. The molecule has 1 aliphatic heterocycles. The number of hydrogen-bond donors (Lipinski definition) is 1. The first-order valence-corrected chi connectivity index (χ1v) is 4.46. The first kappa shape index (κ1) is 10.0. The summed E-state index contributed by atoms with van der Waals surface area (Å²) in [5.41, 5.74) is 0. The van der Waals surface area contributed by atoms with Crippen LogP contribution in [0.2, 0.25) is 0 Å². The van der Waals surface area contributed by atoms with Gasteiger partial charge in [-0.25, -0.2) is 0 Å². The zero-order valence-corrected chi connectivity index (χ0v) is 7.91. The molecule has 0 saturated carbocycles. The van der Waals surface area contributed by atoms with Gasteiger partial charge in [-0.1, -0.05) is 6.92 Å². The summed E-state index contributed by atoms with van der Waals surface area (Å²) in [4.78, 5) is 11.4. The Hall–Kier alpha value is -1.08. The van der Waals surface area contributed by atoms with Crippen molar-refractivity contribution >= 4 is 5.91 Å². The molecule has 4 nitrogen and oxygen atoms in total. The molecule has 4 heteroatoms. The molecule has 0 aromatic carbocycles. The number of hydrogen-bond acceptors (Lipinski definition) is 3. The maximum absolute atomic E-state index is 11.4. The number of nitrogens with zero attached hydrogens (tertiary/aromatic N) is 1. The topological polar surface area (TPSA) is 62.1 Å². The predicted molar refractivity (Wildman–Crippen MR) is 46.7 cm³/mol. The van der Waals surface area contributed by atoms with Gasteiger partial charge in [-0.05, 0) is 19.3 Å². The van der Waals surface area contributed by atoms with Gasteiger partial charge in [0.25, 0.3) is 0 Å². The molecule has 0 aliphatic carbocycles. The summed E-state index contributed by atoms with van der Waals surface area (Å²) in [6.07, 6.45) is 0.551.